The molecular formula is C17H26N4O. The molecule has 0 unspecified atom stereocenters. The maximum atomic E-state index is 11.4. The Morgan fingerprint density at radius 3 is 2.50 bits per heavy atom. The van der Waals surface area contributed by atoms with Crippen molar-refractivity contribution in [1.82, 2.24) is 15.1 Å². The number of piperazine rings is 2. The van der Waals surface area contributed by atoms with E-state index in [1.54, 1.807) is 6.92 Å². The molecule has 22 heavy (non-hydrogen) atoms. The third-order valence-electron chi connectivity index (χ3n) is 4.62. The van der Waals surface area contributed by atoms with E-state index in [9.17, 15) is 4.79 Å². The topological polar surface area (TPSA) is 38.8 Å². The normalized spacial score (nSPS) is 20.2. The van der Waals surface area contributed by atoms with E-state index >= 15 is 0 Å². The highest BCUT2D eigenvalue weighted by atomic mass is 16.2. The van der Waals surface area contributed by atoms with Crippen LogP contribution in [0.4, 0.5) is 5.69 Å². The number of carbonyl (C=O) groups excluding carboxylic acids is 1. The first kappa shape index (κ1) is 15.3. The predicted molar refractivity (Wildman–Crippen MR) is 89.1 cm³/mol. The maximum absolute atomic E-state index is 11.4. The lowest BCUT2D eigenvalue weighted by atomic mass is 10.1. The molecule has 0 spiro atoms. The molecule has 120 valence electrons. The average molecular weight is 302 g/mol. The molecule has 2 heterocycles. The first-order valence-electron chi connectivity index (χ1n) is 8.25. The monoisotopic (exact) mass is 302 g/mol. The second-order valence-electron chi connectivity index (χ2n) is 6.19. The molecular weight excluding hydrogens is 276 g/mol. The van der Waals surface area contributed by atoms with Gasteiger partial charge < -0.3 is 15.1 Å². The van der Waals surface area contributed by atoms with Crippen molar-refractivity contribution in [3.05, 3.63) is 29.8 Å². The summed E-state index contributed by atoms with van der Waals surface area (Å²) in [5.41, 5.74) is 2.67. The van der Waals surface area contributed by atoms with Crippen LogP contribution in [-0.2, 0) is 11.3 Å². The number of nitrogens with zero attached hydrogens (tertiary/aromatic N) is 3. The Kier molecular flexibility index (Phi) is 4.95. The van der Waals surface area contributed by atoms with E-state index in [4.69, 9.17) is 0 Å². The summed E-state index contributed by atoms with van der Waals surface area (Å²) in [5.74, 6) is 0.187. The van der Waals surface area contributed by atoms with Gasteiger partial charge in [-0.2, -0.15) is 0 Å². The van der Waals surface area contributed by atoms with Gasteiger partial charge in [0.2, 0.25) is 5.91 Å². The van der Waals surface area contributed by atoms with Crippen molar-refractivity contribution in [2.75, 3.05) is 57.3 Å². The van der Waals surface area contributed by atoms with Crippen LogP contribution in [0.3, 0.4) is 0 Å². The highest BCUT2D eigenvalue weighted by Gasteiger charge is 2.19. The van der Waals surface area contributed by atoms with Crippen LogP contribution in [0.5, 0.6) is 0 Å². The molecule has 0 aromatic heterocycles. The molecule has 1 aromatic rings. The minimum Gasteiger partial charge on any atom is -0.368 e. The fourth-order valence-electron chi connectivity index (χ4n) is 3.26. The van der Waals surface area contributed by atoms with Crippen LogP contribution in [0, 0.1) is 0 Å². The van der Waals surface area contributed by atoms with E-state index in [1.807, 2.05) is 4.90 Å². The van der Waals surface area contributed by atoms with Gasteiger partial charge >= 0.3 is 0 Å². The van der Waals surface area contributed by atoms with E-state index in [1.165, 1.54) is 11.3 Å². The molecule has 2 aliphatic rings. The molecule has 1 aromatic carbocycles. The number of hydrogen-bond donors (Lipinski definition) is 1. The van der Waals surface area contributed by atoms with Crippen LogP contribution in [0.1, 0.15) is 12.5 Å². The van der Waals surface area contributed by atoms with Gasteiger partial charge in [-0.15, -0.1) is 0 Å². The number of anilines is 1. The third kappa shape index (κ3) is 3.78. The second kappa shape index (κ2) is 7.11. The zero-order valence-electron chi connectivity index (χ0n) is 13.4. The summed E-state index contributed by atoms with van der Waals surface area (Å²) in [4.78, 5) is 18.2. The standard InChI is InChI=1S/C17H26N4O/c1-15(22)20-9-11-21(12-10-20)17-4-2-3-16(13-17)14-19-7-5-18-6-8-19/h2-4,13,18H,5-12,14H2,1H3. The Morgan fingerprint density at radius 2 is 1.82 bits per heavy atom. The van der Waals surface area contributed by atoms with Gasteiger partial charge in [0.1, 0.15) is 0 Å². The molecule has 0 atom stereocenters. The minimum absolute atomic E-state index is 0.187. The molecule has 0 bridgehead atoms. The van der Waals surface area contributed by atoms with Gasteiger partial charge in [-0.25, -0.2) is 0 Å². The van der Waals surface area contributed by atoms with Crippen molar-refractivity contribution < 1.29 is 4.79 Å². The number of amides is 1. The highest BCUT2D eigenvalue weighted by molar-refractivity contribution is 5.73. The largest absolute Gasteiger partial charge is 0.368 e. The Labute approximate surface area is 132 Å². The molecule has 2 saturated heterocycles. The quantitative estimate of drug-likeness (QED) is 0.895. The second-order valence-corrected chi connectivity index (χ2v) is 6.19. The number of carbonyl (C=O) groups is 1. The van der Waals surface area contributed by atoms with Crippen LogP contribution in [0.15, 0.2) is 24.3 Å². The molecule has 2 fully saturated rings. The molecule has 5 heteroatoms. The van der Waals surface area contributed by atoms with Crippen molar-refractivity contribution in [2.45, 2.75) is 13.5 Å². The van der Waals surface area contributed by atoms with Gasteiger partial charge in [-0.05, 0) is 17.7 Å². The van der Waals surface area contributed by atoms with Crippen LogP contribution in [0.2, 0.25) is 0 Å². The lowest BCUT2D eigenvalue weighted by Gasteiger charge is -2.36. The summed E-state index contributed by atoms with van der Waals surface area (Å²) >= 11 is 0. The van der Waals surface area contributed by atoms with Crippen LogP contribution < -0.4 is 10.2 Å². The van der Waals surface area contributed by atoms with Crippen LogP contribution in [0.25, 0.3) is 0 Å². The third-order valence-corrected chi connectivity index (χ3v) is 4.62. The Morgan fingerprint density at radius 1 is 1.09 bits per heavy atom. The molecule has 0 radical (unpaired) electrons. The van der Waals surface area contributed by atoms with Gasteiger partial charge in [-0.1, -0.05) is 12.1 Å². The number of nitrogens with one attached hydrogen (secondary N) is 1. The van der Waals surface area contributed by atoms with Crippen molar-refractivity contribution in [3.63, 3.8) is 0 Å². The molecule has 5 nitrogen and oxygen atoms in total. The van der Waals surface area contributed by atoms with Gasteiger partial charge in [0.15, 0.2) is 0 Å². The SMILES string of the molecule is CC(=O)N1CCN(c2cccc(CN3CCNCC3)c2)CC1. The Hall–Kier alpha value is -1.59. The van der Waals surface area contributed by atoms with Crippen molar-refractivity contribution >= 4 is 11.6 Å². The van der Waals surface area contributed by atoms with E-state index in [0.717, 1.165) is 58.9 Å². The van der Waals surface area contributed by atoms with E-state index in [-0.39, 0.29) is 5.91 Å². The van der Waals surface area contributed by atoms with Crippen molar-refractivity contribution in [3.8, 4) is 0 Å². The van der Waals surface area contributed by atoms with E-state index < -0.39 is 0 Å². The number of rotatable bonds is 3. The van der Waals surface area contributed by atoms with Gasteiger partial charge in [0.25, 0.3) is 0 Å². The lowest BCUT2D eigenvalue weighted by Crippen LogP contribution is -2.48. The molecule has 1 amide bonds. The summed E-state index contributed by atoms with van der Waals surface area (Å²) in [5, 5.41) is 3.39. The maximum Gasteiger partial charge on any atom is 0.219 e. The van der Waals surface area contributed by atoms with E-state index in [2.05, 4.69) is 39.4 Å². The molecule has 0 saturated carbocycles. The average Bonchev–Trinajstić information content (AvgIpc) is 2.56. The fourth-order valence-corrected chi connectivity index (χ4v) is 3.26. The molecule has 3 rings (SSSR count). The van der Waals surface area contributed by atoms with Crippen LogP contribution >= 0.6 is 0 Å². The van der Waals surface area contributed by atoms with Crippen molar-refractivity contribution in [1.29, 1.82) is 0 Å². The summed E-state index contributed by atoms with van der Waals surface area (Å²) in [6, 6.07) is 8.87. The molecule has 1 N–H and O–H groups in total. The number of benzene rings is 1. The van der Waals surface area contributed by atoms with Crippen molar-refractivity contribution in [2.24, 2.45) is 0 Å². The first-order valence-corrected chi connectivity index (χ1v) is 8.25. The summed E-state index contributed by atoms with van der Waals surface area (Å²) in [7, 11) is 0. The molecule has 2 aliphatic heterocycles. The Balaban J connectivity index is 1.60. The van der Waals surface area contributed by atoms with E-state index in [0.29, 0.717) is 0 Å². The van der Waals surface area contributed by atoms with Gasteiger partial charge in [0, 0.05) is 71.5 Å². The zero-order chi connectivity index (χ0) is 15.4. The predicted octanol–water partition coefficient (Wildman–Crippen LogP) is 0.760. The molecule has 0 aliphatic carbocycles. The zero-order valence-corrected chi connectivity index (χ0v) is 13.4. The number of hydrogen-bond acceptors (Lipinski definition) is 4. The van der Waals surface area contributed by atoms with Gasteiger partial charge in [0.05, 0.1) is 0 Å². The first-order chi connectivity index (χ1) is 10.7. The lowest BCUT2D eigenvalue weighted by molar-refractivity contribution is -0.129. The fraction of sp³-hybridized carbons (Fsp3) is 0.588. The summed E-state index contributed by atoms with van der Waals surface area (Å²) < 4.78 is 0. The summed E-state index contributed by atoms with van der Waals surface area (Å²) in [6.45, 7) is 10.6. The minimum atomic E-state index is 0.187. The smallest absolute Gasteiger partial charge is 0.219 e. The summed E-state index contributed by atoms with van der Waals surface area (Å²) in [6.07, 6.45) is 0. The van der Waals surface area contributed by atoms with Gasteiger partial charge in [-0.3, -0.25) is 9.69 Å². The van der Waals surface area contributed by atoms with Crippen LogP contribution in [-0.4, -0.2) is 68.1 Å². The Bertz CT molecular complexity index is 505. The highest BCUT2D eigenvalue weighted by Crippen LogP contribution is 2.19.